The van der Waals surface area contributed by atoms with E-state index in [-0.39, 0.29) is 18.4 Å². The molecule has 0 aromatic heterocycles. The van der Waals surface area contributed by atoms with Gasteiger partial charge in [-0.3, -0.25) is 9.59 Å². The summed E-state index contributed by atoms with van der Waals surface area (Å²) in [6.07, 6.45) is 0. The van der Waals surface area contributed by atoms with Crippen molar-refractivity contribution in [1.29, 1.82) is 0 Å². The molecule has 1 aliphatic heterocycles. The summed E-state index contributed by atoms with van der Waals surface area (Å²) in [4.78, 5) is 25.6. The van der Waals surface area contributed by atoms with Gasteiger partial charge in [0.15, 0.2) is 0 Å². The topological polar surface area (TPSA) is 61.4 Å². The Labute approximate surface area is 153 Å². The zero-order valence-corrected chi connectivity index (χ0v) is 15.0. The van der Waals surface area contributed by atoms with Crippen LogP contribution < -0.4 is 15.5 Å². The molecule has 1 heterocycles. The number of carbonyl (C=O) groups is 2. The maximum Gasteiger partial charge on any atom is 0.255 e. The van der Waals surface area contributed by atoms with Crippen LogP contribution in [-0.4, -0.2) is 31.4 Å². The standard InChI is InChI=1S/C17H15BrClN3O2/c18-12-3-1-11(2-4-12)17(24)21-13-5-6-15(14(19)9-13)22-8-7-20-16(23)10-22/h1-6,9H,7-8,10H2,(H,20,23)(H,21,24). The average molecular weight is 409 g/mol. The second-order valence-electron chi connectivity index (χ2n) is 5.40. The maximum absolute atomic E-state index is 12.2. The van der Waals surface area contributed by atoms with Gasteiger partial charge in [0.05, 0.1) is 17.3 Å². The lowest BCUT2D eigenvalue weighted by Gasteiger charge is -2.29. The molecule has 124 valence electrons. The number of nitrogens with one attached hydrogen (secondary N) is 2. The van der Waals surface area contributed by atoms with Crippen LogP contribution in [0.5, 0.6) is 0 Å². The zero-order chi connectivity index (χ0) is 17.1. The van der Waals surface area contributed by atoms with Crippen LogP contribution in [0.15, 0.2) is 46.9 Å². The van der Waals surface area contributed by atoms with Crippen LogP contribution in [0.2, 0.25) is 5.02 Å². The number of benzene rings is 2. The molecule has 2 N–H and O–H groups in total. The van der Waals surface area contributed by atoms with Crippen LogP contribution in [-0.2, 0) is 4.79 Å². The third kappa shape index (κ3) is 3.88. The molecular formula is C17H15BrClN3O2. The summed E-state index contributed by atoms with van der Waals surface area (Å²) in [6, 6.07) is 12.4. The Hall–Kier alpha value is -2.05. The largest absolute Gasteiger partial charge is 0.359 e. The van der Waals surface area contributed by atoms with Crippen molar-refractivity contribution in [2.24, 2.45) is 0 Å². The second kappa shape index (κ2) is 7.23. The number of piperazine rings is 1. The first-order valence-electron chi connectivity index (χ1n) is 7.41. The Morgan fingerprint density at radius 2 is 1.96 bits per heavy atom. The lowest BCUT2D eigenvalue weighted by Crippen LogP contribution is -2.47. The molecule has 0 aliphatic carbocycles. The van der Waals surface area contributed by atoms with Gasteiger partial charge < -0.3 is 15.5 Å². The van der Waals surface area contributed by atoms with Crippen LogP contribution in [0.4, 0.5) is 11.4 Å². The fourth-order valence-electron chi connectivity index (χ4n) is 2.49. The van der Waals surface area contributed by atoms with E-state index >= 15 is 0 Å². The van der Waals surface area contributed by atoms with Crippen molar-refractivity contribution in [1.82, 2.24) is 5.32 Å². The van der Waals surface area contributed by atoms with Crippen molar-refractivity contribution < 1.29 is 9.59 Å². The van der Waals surface area contributed by atoms with Gasteiger partial charge in [-0.1, -0.05) is 27.5 Å². The van der Waals surface area contributed by atoms with Crippen LogP contribution >= 0.6 is 27.5 Å². The summed E-state index contributed by atoms with van der Waals surface area (Å²) < 4.78 is 0.914. The molecule has 0 saturated carbocycles. The van der Waals surface area contributed by atoms with Gasteiger partial charge in [0, 0.05) is 28.8 Å². The summed E-state index contributed by atoms with van der Waals surface area (Å²) >= 11 is 9.67. The van der Waals surface area contributed by atoms with E-state index in [1.54, 1.807) is 24.3 Å². The molecule has 0 spiro atoms. The highest BCUT2D eigenvalue weighted by molar-refractivity contribution is 9.10. The number of anilines is 2. The number of hydrogen-bond acceptors (Lipinski definition) is 3. The Balaban J connectivity index is 1.73. The summed E-state index contributed by atoms with van der Waals surface area (Å²) in [5, 5.41) is 6.10. The molecule has 2 amide bonds. The molecule has 1 fully saturated rings. The van der Waals surface area contributed by atoms with Gasteiger partial charge in [-0.05, 0) is 42.5 Å². The average Bonchev–Trinajstić information content (AvgIpc) is 2.55. The van der Waals surface area contributed by atoms with Crippen LogP contribution in [0, 0.1) is 0 Å². The van der Waals surface area contributed by atoms with Gasteiger partial charge >= 0.3 is 0 Å². The number of amides is 2. The molecule has 1 aliphatic rings. The summed E-state index contributed by atoms with van der Waals surface area (Å²) in [7, 11) is 0. The Kier molecular flexibility index (Phi) is 5.06. The van der Waals surface area contributed by atoms with E-state index in [0.29, 0.717) is 29.4 Å². The first-order chi connectivity index (χ1) is 11.5. The Morgan fingerprint density at radius 3 is 2.62 bits per heavy atom. The number of nitrogens with zero attached hydrogens (tertiary/aromatic N) is 1. The van der Waals surface area contributed by atoms with Crippen molar-refractivity contribution in [3.63, 3.8) is 0 Å². The van der Waals surface area contributed by atoms with Gasteiger partial charge in [-0.25, -0.2) is 0 Å². The minimum absolute atomic E-state index is 0.0232. The van der Waals surface area contributed by atoms with E-state index in [1.807, 2.05) is 23.1 Å². The number of rotatable bonds is 3. The number of hydrogen-bond donors (Lipinski definition) is 2. The minimum atomic E-state index is -0.205. The van der Waals surface area contributed by atoms with E-state index in [0.717, 1.165) is 10.2 Å². The molecule has 0 unspecified atom stereocenters. The molecule has 3 rings (SSSR count). The van der Waals surface area contributed by atoms with E-state index in [9.17, 15) is 9.59 Å². The molecule has 1 saturated heterocycles. The molecule has 2 aromatic carbocycles. The van der Waals surface area contributed by atoms with Crippen LogP contribution in [0.1, 0.15) is 10.4 Å². The zero-order valence-electron chi connectivity index (χ0n) is 12.7. The van der Waals surface area contributed by atoms with Crippen molar-refractivity contribution in [2.75, 3.05) is 29.9 Å². The van der Waals surface area contributed by atoms with E-state index < -0.39 is 0 Å². The van der Waals surface area contributed by atoms with Crippen molar-refractivity contribution >= 4 is 50.7 Å². The lowest BCUT2D eigenvalue weighted by molar-refractivity contribution is -0.120. The Bertz CT molecular complexity index is 780. The van der Waals surface area contributed by atoms with E-state index in [2.05, 4.69) is 26.6 Å². The van der Waals surface area contributed by atoms with Gasteiger partial charge in [-0.15, -0.1) is 0 Å². The third-order valence-electron chi connectivity index (χ3n) is 3.69. The highest BCUT2D eigenvalue weighted by Gasteiger charge is 2.19. The van der Waals surface area contributed by atoms with Gasteiger partial charge in [-0.2, -0.15) is 0 Å². The smallest absolute Gasteiger partial charge is 0.255 e. The first-order valence-corrected chi connectivity index (χ1v) is 8.58. The monoisotopic (exact) mass is 407 g/mol. The first kappa shape index (κ1) is 16.8. The van der Waals surface area contributed by atoms with Crippen molar-refractivity contribution in [3.05, 3.63) is 57.5 Å². The summed E-state index contributed by atoms with van der Waals surface area (Å²) in [5.41, 5.74) is 1.96. The predicted molar refractivity (Wildman–Crippen MR) is 98.8 cm³/mol. The molecule has 0 radical (unpaired) electrons. The number of halogens is 2. The van der Waals surface area contributed by atoms with Crippen LogP contribution in [0.25, 0.3) is 0 Å². The molecule has 0 bridgehead atoms. The maximum atomic E-state index is 12.2. The fraction of sp³-hybridized carbons (Fsp3) is 0.176. The lowest BCUT2D eigenvalue weighted by atomic mass is 10.2. The predicted octanol–water partition coefficient (Wildman–Crippen LogP) is 3.29. The SMILES string of the molecule is O=C1CN(c2ccc(NC(=O)c3ccc(Br)cc3)cc2Cl)CCN1. The van der Waals surface area contributed by atoms with Crippen LogP contribution in [0.3, 0.4) is 0 Å². The van der Waals surface area contributed by atoms with Crippen molar-refractivity contribution in [2.45, 2.75) is 0 Å². The molecule has 5 nitrogen and oxygen atoms in total. The number of carbonyl (C=O) groups excluding carboxylic acids is 2. The normalized spacial score (nSPS) is 14.2. The molecule has 2 aromatic rings. The third-order valence-corrected chi connectivity index (χ3v) is 4.52. The molecule has 0 atom stereocenters. The van der Waals surface area contributed by atoms with E-state index in [4.69, 9.17) is 11.6 Å². The molecule has 24 heavy (non-hydrogen) atoms. The van der Waals surface area contributed by atoms with Gasteiger partial charge in [0.1, 0.15) is 0 Å². The second-order valence-corrected chi connectivity index (χ2v) is 6.72. The highest BCUT2D eigenvalue weighted by Crippen LogP contribution is 2.29. The Morgan fingerprint density at radius 1 is 1.21 bits per heavy atom. The van der Waals surface area contributed by atoms with E-state index in [1.165, 1.54) is 0 Å². The van der Waals surface area contributed by atoms with Gasteiger partial charge in [0.2, 0.25) is 5.91 Å². The molecule has 7 heteroatoms. The summed E-state index contributed by atoms with van der Waals surface area (Å²) in [6.45, 7) is 1.58. The van der Waals surface area contributed by atoms with Gasteiger partial charge in [0.25, 0.3) is 5.91 Å². The quantitative estimate of drug-likeness (QED) is 0.819. The molecular weight excluding hydrogens is 394 g/mol. The minimum Gasteiger partial charge on any atom is -0.359 e. The van der Waals surface area contributed by atoms with Crippen molar-refractivity contribution in [3.8, 4) is 0 Å². The highest BCUT2D eigenvalue weighted by atomic mass is 79.9. The fourth-order valence-corrected chi connectivity index (χ4v) is 3.05. The summed E-state index contributed by atoms with van der Waals surface area (Å²) in [5.74, 6) is -0.228.